The predicted molar refractivity (Wildman–Crippen MR) is 100 cm³/mol. The maximum absolute atomic E-state index is 12.3. The molecule has 8 nitrogen and oxygen atoms in total. The van der Waals surface area contributed by atoms with Crippen LogP contribution in [0.25, 0.3) is 9.44 Å². The molecule has 0 fully saturated rings. The minimum Gasteiger partial charge on any atom is -0.573 e. The average molecular weight is 402 g/mol. The monoisotopic (exact) mass is 402 g/mol. The van der Waals surface area contributed by atoms with E-state index in [2.05, 4.69) is 19.4 Å². The molecular formula is C17H14N4O4S2-2. The number of sulfonamides is 2. The molecule has 0 aliphatic heterocycles. The Labute approximate surface area is 157 Å². The number of aryl methyl sites for hydroxylation is 1. The van der Waals surface area contributed by atoms with Gasteiger partial charge >= 0.3 is 0 Å². The molecule has 140 valence electrons. The average Bonchev–Trinajstić information content (AvgIpc) is 2.62. The minimum absolute atomic E-state index is 0.0493. The molecule has 0 amide bonds. The first-order valence-corrected chi connectivity index (χ1v) is 10.6. The van der Waals surface area contributed by atoms with Crippen molar-refractivity contribution in [1.29, 1.82) is 0 Å². The van der Waals surface area contributed by atoms with Crippen LogP contribution >= 0.6 is 0 Å². The molecular weight excluding hydrogens is 388 g/mol. The van der Waals surface area contributed by atoms with Crippen LogP contribution in [0.15, 0.2) is 76.7 Å². The van der Waals surface area contributed by atoms with Crippen molar-refractivity contribution in [2.75, 3.05) is 0 Å². The van der Waals surface area contributed by atoms with Crippen LogP contribution in [-0.2, 0) is 20.0 Å². The third kappa shape index (κ3) is 4.60. The van der Waals surface area contributed by atoms with Gasteiger partial charge in [0.2, 0.25) is 10.0 Å². The van der Waals surface area contributed by atoms with E-state index in [1.807, 2.05) is 0 Å². The zero-order valence-corrected chi connectivity index (χ0v) is 15.7. The highest BCUT2D eigenvalue weighted by molar-refractivity contribution is 7.94. The first-order valence-electron chi connectivity index (χ1n) is 7.67. The summed E-state index contributed by atoms with van der Waals surface area (Å²) in [6, 6.07) is 14.4. The number of nitrogens with zero attached hydrogens (tertiary/aromatic N) is 4. The largest absolute Gasteiger partial charge is 0.573 e. The molecule has 0 saturated heterocycles. The summed E-state index contributed by atoms with van der Waals surface area (Å²) in [6.07, 6.45) is 1.41. The van der Waals surface area contributed by atoms with E-state index >= 15 is 0 Å². The Balaban J connectivity index is 1.79. The van der Waals surface area contributed by atoms with E-state index in [4.69, 9.17) is 0 Å². The van der Waals surface area contributed by atoms with Crippen LogP contribution < -0.4 is 0 Å². The lowest BCUT2D eigenvalue weighted by molar-refractivity contribution is 0.602. The fourth-order valence-corrected chi connectivity index (χ4v) is 4.00. The quantitative estimate of drug-likeness (QED) is 0.621. The summed E-state index contributed by atoms with van der Waals surface area (Å²) in [5, 5.41) is 0. The van der Waals surface area contributed by atoms with Gasteiger partial charge in [0.25, 0.3) is 0 Å². The van der Waals surface area contributed by atoms with Crippen molar-refractivity contribution in [3.05, 3.63) is 82.0 Å². The molecule has 27 heavy (non-hydrogen) atoms. The van der Waals surface area contributed by atoms with E-state index < -0.39 is 20.0 Å². The van der Waals surface area contributed by atoms with Crippen LogP contribution in [0.4, 0.5) is 11.6 Å². The Hall–Kier alpha value is -2.98. The fraction of sp³-hybridized carbons (Fsp3) is 0.0588. The van der Waals surface area contributed by atoms with Gasteiger partial charge in [0.05, 0.1) is 9.79 Å². The van der Waals surface area contributed by atoms with Gasteiger partial charge in [-0.2, -0.15) is 0 Å². The molecule has 0 N–H and O–H groups in total. The molecule has 3 rings (SSSR count). The number of benzene rings is 2. The molecule has 0 unspecified atom stereocenters. The molecule has 10 heteroatoms. The van der Waals surface area contributed by atoms with Gasteiger partial charge in [-0.25, -0.2) is 16.8 Å². The summed E-state index contributed by atoms with van der Waals surface area (Å²) in [5.41, 5.74) is 0.684. The third-order valence-corrected chi connectivity index (χ3v) is 5.98. The van der Waals surface area contributed by atoms with Crippen molar-refractivity contribution in [3.63, 3.8) is 0 Å². The van der Waals surface area contributed by atoms with Gasteiger partial charge in [0, 0.05) is 5.95 Å². The topological polar surface area (TPSA) is 122 Å². The molecule has 0 atom stereocenters. The van der Waals surface area contributed by atoms with E-state index in [1.54, 1.807) is 31.2 Å². The van der Waals surface area contributed by atoms with Gasteiger partial charge in [-0.05, 0) is 43.1 Å². The minimum atomic E-state index is -4.03. The second kappa shape index (κ2) is 7.33. The highest BCUT2D eigenvalue weighted by Gasteiger charge is 2.11. The molecule has 0 radical (unpaired) electrons. The van der Waals surface area contributed by atoms with Crippen molar-refractivity contribution in [2.45, 2.75) is 16.7 Å². The summed E-state index contributed by atoms with van der Waals surface area (Å²) >= 11 is 0. The highest BCUT2D eigenvalue weighted by atomic mass is 32.2. The summed E-state index contributed by atoms with van der Waals surface area (Å²) in [7, 11) is -7.92. The lowest BCUT2D eigenvalue weighted by atomic mass is 10.3. The Morgan fingerprint density at radius 2 is 1.33 bits per heavy atom. The second-order valence-electron chi connectivity index (χ2n) is 5.44. The summed E-state index contributed by atoms with van der Waals surface area (Å²) in [5.74, 6) is -0.171. The first kappa shape index (κ1) is 18.8. The standard InChI is InChI=1S/C17H14N4O4S2/c1-13-11-12-18-17(19-13)21-27(24,25)16-9-7-14(8-10-16)20-26(22,23)15-5-3-2-4-6-15/h2-12H,1H3/q-2. The van der Waals surface area contributed by atoms with Crippen LogP contribution in [0.5, 0.6) is 0 Å². The lowest BCUT2D eigenvalue weighted by Gasteiger charge is -2.22. The van der Waals surface area contributed by atoms with Crippen LogP contribution in [0.2, 0.25) is 0 Å². The van der Waals surface area contributed by atoms with Gasteiger partial charge in [-0.1, -0.05) is 36.4 Å². The first-order chi connectivity index (χ1) is 12.8. The fourth-order valence-electron chi connectivity index (χ4n) is 2.10. The summed E-state index contributed by atoms with van der Waals surface area (Å²) in [6.45, 7) is 1.69. The highest BCUT2D eigenvalue weighted by Crippen LogP contribution is 2.30. The molecule has 0 saturated carbocycles. The van der Waals surface area contributed by atoms with E-state index in [-0.39, 0.29) is 21.4 Å². The van der Waals surface area contributed by atoms with Crippen molar-refractivity contribution in [2.24, 2.45) is 0 Å². The van der Waals surface area contributed by atoms with E-state index in [1.165, 1.54) is 42.6 Å². The molecule has 1 aromatic heterocycles. The maximum Gasteiger partial charge on any atom is 0.229 e. The molecule has 0 aliphatic carbocycles. The molecule has 2 aromatic carbocycles. The number of hydrogen-bond acceptors (Lipinski definition) is 6. The molecule has 3 aromatic rings. The zero-order chi connectivity index (χ0) is 19.5. The smallest absolute Gasteiger partial charge is 0.229 e. The zero-order valence-electron chi connectivity index (χ0n) is 14.1. The Bertz CT molecular complexity index is 1150. The van der Waals surface area contributed by atoms with Gasteiger partial charge in [-0.3, -0.25) is 4.72 Å². The SMILES string of the molecule is Cc1ccnc([N-]S(=O)(=O)c2ccc([N-]S(=O)(=O)c3ccccc3)cc2)n1. The van der Waals surface area contributed by atoms with Crippen molar-refractivity contribution in [3.8, 4) is 0 Å². The normalized spacial score (nSPS) is 11.7. The van der Waals surface area contributed by atoms with Crippen molar-refractivity contribution in [1.82, 2.24) is 9.97 Å². The molecule has 0 spiro atoms. The number of aromatic nitrogens is 2. The van der Waals surface area contributed by atoms with Gasteiger partial charge in [0.1, 0.15) is 10.0 Å². The van der Waals surface area contributed by atoms with Gasteiger partial charge in [-0.15, -0.1) is 5.69 Å². The van der Waals surface area contributed by atoms with Crippen LogP contribution in [0.3, 0.4) is 0 Å². The van der Waals surface area contributed by atoms with E-state index in [0.29, 0.717) is 5.69 Å². The van der Waals surface area contributed by atoms with E-state index in [0.717, 1.165) is 0 Å². The third-order valence-electron chi connectivity index (χ3n) is 3.39. The Morgan fingerprint density at radius 1 is 0.741 bits per heavy atom. The van der Waals surface area contributed by atoms with Crippen LogP contribution in [0, 0.1) is 6.92 Å². The molecule has 0 aliphatic rings. The van der Waals surface area contributed by atoms with Crippen molar-refractivity contribution < 1.29 is 16.8 Å². The molecule has 1 heterocycles. The lowest BCUT2D eigenvalue weighted by Crippen LogP contribution is -2.00. The maximum atomic E-state index is 12.3. The second-order valence-corrected chi connectivity index (χ2v) is 8.65. The summed E-state index contributed by atoms with van der Waals surface area (Å²) < 4.78 is 56.4. The Morgan fingerprint density at radius 3 is 1.96 bits per heavy atom. The Kier molecular flexibility index (Phi) is 5.10. The number of hydrogen-bond donors (Lipinski definition) is 0. The predicted octanol–water partition coefficient (Wildman–Crippen LogP) is 3.57. The number of rotatable bonds is 6. The van der Waals surface area contributed by atoms with Gasteiger partial charge in [0.15, 0.2) is 0 Å². The van der Waals surface area contributed by atoms with Crippen LogP contribution in [0.1, 0.15) is 5.69 Å². The van der Waals surface area contributed by atoms with Gasteiger partial charge < -0.3 is 14.7 Å². The van der Waals surface area contributed by atoms with E-state index in [9.17, 15) is 16.8 Å². The summed E-state index contributed by atoms with van der Waals surface area (Å²) in [4.78, 5) is 7.65. The van der Waals surface area contributed by atoms with Crippen LogP contribution in [-0.4, -0.2) is 26.8 Å². The van der Waals surface area contributed by atoms with Crippen molar-refractivity contribution >= 4 is 31.7 Å². The molecule has 0 bridgehead atoms.